The Balaban J connectivity index is 1.91. The molecule has 0 aliphatic carbocycles. The van der Waals surface area contributed by atoms with Gasteiger partial charge in [0.25, 0.3) is 0 Å². The van der Waals surface area contributed by atoms with Gasteiger partial charge in [-0.3, -0.25) is 5.41 Å². The molecule has 0 saturated carbocycles. The van der Waals surface area contributed by atoms with Gasteiger partial charge in [-0.25, -0.2) is 4.98 Å². The van der Waals surface area contributed by atoms with Crippen LogP contribution in [0.4, 0.5) is 11.5 Å². The summed E-state index contributed by atoms with van der Waals surface area (Å²) in [6.07, 6.45) is 1.80. The number of hydrogen-bond donors (Lipinski definition) is 2. The topological polar surface area (TPSA) is 84.5 Å². The molecule has 3 N–H and O–H groups in total. The number of hydrogen-bond acceptors (Lipinski definition) is 6. The molecule has 6 nitrogen and oxygen atoms in total. The van der Waals surface area contributed by atoms with Crippen LogP contribution in [0.25, 0.3) is 0 Å². The van der Waals surface area contributed by atoms with Gasteiger partial charge >= 0.3 is 0 Å². The first-order chi connectivity index (χ1) is 12.5. The van der Waals surface area contributed by atoms with Crippen LogP contribution in [0.2, 0.25) is 0 Å². The van der Waals surface area contributed by atoms with Crippen molar-refractivity contribution in [3.05, 3.63) is 47.2 Å². The Morgan fingerprint density at radius 2 is 2.00 bits per heavy atom. The largest absolute Gasteiger partial charge is 0.491 e. The summed E-state index contributed by atoms with van der Waals surface area (Å²) in [5.74, 6) is 1.62. The lowest BCUT2D eigenvalue weighted by Crippen LogP contribution is -2.36. The van der Waals surface area contributed by atoms with Crippen LogP contribution in [0.1, 0.15) is 30.5 Å². The third kappa shape index (κ3) is 3.96. The molecule has 138 valence electrons. The number of morpholine rings is 1. The lowest BCUT2D eigenvalue weighted by molar-refractivity contribution is 0.122. The van der Waals surface area contributed by atoms with E-state index in [0.717, 1.165) is 35.8 Å². The monoisotopic (exact) mass is 354 g/mol. The smallest absolute Gasteiger partial charge is 0.129 e. The van der Waals surface area contributed by atoms with E-state index in [2.05, 4.69) is 9.88 Å². The molecule has 0 spiro atoms. The van der Waals surface area contributed by atoms with Crippen LogP contribution >= 0.6 is 0 Å². The normalized spacial score (nSPS) is 14.5. The van der Waals surface area contributed by atoms with Gasteiger partial charge < -0.3 is 20.1 Å². The molecular weight excluding hydrogens is 328 g/mol. The average Bonchev–Trinajstić information content (AvgIpc) is 2.64. The minimum absolute atomic E-state index is 0.0632. The number of pyridine rings is 1. The number of nitrogens with zero attached hydrogens (tertiary/aromatic N) is 2. The number of nitrogen functional groups attached to an aromatic ring is 1. The second-order valence-corrected chi connectivity index (χ2v) is 6.75. The van der Waals surface area contributed by atoms with Crippen molar-refractivity contribution in [2.45, 2.75) is 26.9 Å². The Morgan fingerprint density at radius 1 is 1.27 bits per heavy atom. The summed E-state index contributed by atoms with van der Waals surface area (Å²) in [5.41, 5.74) is 9.57. The first kappa shape index (κ1) is 18.2. The molecule has 1 aliphatic rings. The Kier molecular flexibility index (Phi) is 5.42. The second kappa shape index (κ2) is 7.74. The molecule has 1 fully saturated rings. The number of nitrogens with one attached hydrogen (secondary N) is 1. The van der Waals surface area contributed by atoms with Crippen LogP contribution in [0.5, 0.6) is 5.75 Å². The molecule has 0 unspecified atom stereocenters. The molecule has 0 amide bonds. The zero-order valence-electron chi connectivity index (χ0n) is 15.6. The van der Waals surface area contributed by atoms with Crippen molar-refractivity contribution < 1.29 is 9.47 Å². The number of anilines is 2. The van der Waals surface area contributed by atoms with E-state index in [-0.39, 0.29) is 6.10 Å². The number of ether oxygens (including phenoxy) is 2. The van der Waals surface area contributed by atoms with Crippen LogP contribution in [0.3, 0.4) is 0 Å². The number of aromatic nitrogens is 1. The van der Waals surface area contributed by atoms with Crippen molar-refractivity contribution in [1.82, 2.24) is 4.98 Å². The fourth-order valence-corrected chi connectivity index (χ4v) is 3.00. The van der Waals surface area contributed by atoms with Crippen LogP contribution in [0.15, 0.2) is 30.5 Å². The quantitative estimate of drug-likeness (QED) is 0.637. The predicted molar refractivity (Wildman–Crippen MR) is 105 cm³/mol. The van der Waals surface area contributed by atoms with Gasteiger partial charge in [0.2, 0.25) is 0 Å². The van der Waals surface area contributed by atoms with E-state index in [1.807, 2.05) is 45.0 Å². The van der Waals surface area contributed by atoms with Crippen molar-refractivity contribution in [2.75, 3.05) is 36.9 Å². The van der Waals surface area contributed by atoms with Gasteiger partial charge in [0, 0.05) is 36.1 Å². The summed E-state index contributed by atoms with van der Waals surface area (Å²) in [6, 6.07) is 7.51. The summed E-state index contributed by atoms with van der Waals surface area (Å²) >= 11 is 0. The van der Waals surface area contributed by atoms with E-state index in [4.69, 9.17) is 20.6 Å². The third-order valence-corrected chi connectivity index (χ3v) is 4.35. The highest BCUT2D eigenvalue weighted by Crippen LogP contribution is 2.28. The number of nitrogens with two attached hydrogens (primary N) is 1. The summed E-state index contributed by atoms with van der Waals surface area (Å²) in [5, 5.41) is 8.67. The van der Waals surface area contributed by atoms with Gasteiger partial charge in [-0.05, 0) is 50.6 Å². The van der Waals surface area contributed by atoms with Crippen LogP contribution in [-0.2, 0) is 4.74 Å². The molecule has 3 rings (SSSR count). The zero-order valence-corrected chi connectivity index (χ0v) is 15.6. The second-order valence-electron chi connectivity index (χ2n) is 6.75. The summed E-state index contributed by atoms with van der Waals surface area (Å²) < 4.78 is 11.3. The first-order valence-corrected chi connectivity index (χ1v) is 8.90. The van der Waals surface area contributed by atoms with Gasteiger partial charge in [-0.1, -0.05) is 0 Å². The SMILES string of the molecule is Cc1cc(N)c(C(=N)c2ccnc(N3CCOCC3)c2)cc1OC(C)C. The van der Waals surface area contributed by atoms with E-state index in [9.17, 15) is 0 Å². The van der Waals surface area contributed by atoms with E-state index < -0.39 is 0 Å². The number of aryl methyl sites for hydroxylation is 1. The maximum Gasteiger partial charge on any atom is 0.129 e. The number of benzene rings is 1. The molecule has 0 radical (unpaired) electrons. The van der Waals surface area contributed by atoms with Crippen LogP contribution < -0.4 is 15.4 Å². The van der Waals surface area contributed by atoms with Gasteiger partial charge in [0.1, 0.15) is 11.6 Å². The van der Waals surface area contributed by atoms with E-state index in [1.54, 1.807) is 6.20 Å². The van der Waals surface area contributed by atoms with Crippen molar-refractivity contribution >= 4 is 17.2 Å². The average molecular weight is 354 g/mol. The van der Waals surface area contributed by atoms with Crippen LogP contribution in [0, 0.1) is 12.3 Å². The number of rotatable bonds is 5. The highest BCUT2D eigenvalue weighted by molar-refractivity contribution is 6.14. The lowest BCUT2D eigenvalue weighted by Gasteiger charge is -2.28. The maximum atomic E-state index is 8.67. The molecule has 1 aliphatic heterocycles. The molecule has 1 aromatic heterocycles. The summed E-state index contributed by atoms with van der Waals surface area (Å²) in [7, 11) is 0. The molecule has 26 heavy (non-hydrogen) atoms. The lowest BCUT2D eigenvalue weighted by atomic mass is 9.99. The molecule has 1 aromatic carbocycles. The van der Waals surface area contributed by atoms with E-state index in [0.29, 0.717) is 30.2 Å². The van der Waals surface area contributed by atoms with E-state index >= 15 is 0 Å². The molecule has 2 heterocycles. The third-order valence-electron chi connectivity index (χ3n) is 4.35. The van der Waals surface area contributed by atoms with Gasteiger partial charge in [-0.15, -0.1) is 0 Å². The fourth-order valence-electron chi connectivity index (χ4n) is 3.00. The highest BCUT2D eigenvalue weighted by Gasteiger charge is 2.16. The van der Waals surface area contributed by atoms with Crippen molar-refractivity contribution in [1.29, 1.82) is 5.41 Å². The molecule has 0 atom stereocenters. The fraction of sp³-hybridized carbons (Fsp3) is 0.400. The Labute approximate surface area is 154 Å². The van der Waals surface area contributed by atoms with Gasteiger partial charge in [0.15, 0.2) is 0 Å². The standard InChI is InChI=1S/C20H26N4O2/c1-13(2)26-18-12-16(17(21)10-14(18)3)20(22)15-4-5-23-19(11-15)24-6-8-25-9-7-24/h4-5,10-13,22H,6-9,21H2,1-3H3. The molecule has 6 heteroatoms. The maximum absolute atomic E-state index is 8.67. The molecule has 0 bridgehead atoms. The highest BCUT2D eigenvalue weighted by atomic mass is 16.5. The first-order valence-electron chi connectivity index (χ1n) is 8.90. The Morgan fingerprint density at radius 3 is 2.69 bits per heavy atom. The molecule has 1 saturated heterocycles. The van der Waals surface area contributed by atoms with E-state index in [1.165, 1.54) is 0 Å². The predicted octanol–water partition coefficient (Wildman–Crippen LogP) is 3.01. The Bertz CT molecular complexity index is 798. The van der Waals surface area contributed by atoms with Crippen molar-refractivity contribution in [2.24, 2.45) is 0 Å². The van der Waals surface area contributed by atoms with Crippen molar-refractivity contribution in [3.63, 3.8) is 0 Å². The van der Waals surface area contributed by atoms with Crippen molar-refractivity contribution in [3.8, 4) is 5.75 Å². The minimum atomic E-state index is 0.0632. The van der Waals surface area contributed by atoms with Crippen LogP contribution in [-0.4, -0.2) is 43.1 Å². The zero-order chi connectivity index (χ0) is 18.7. The van der Waals surface area contributed by atoms with Gasteiger partial charge in [-0.2, -0.15) is 0 Å². The van der Waals surface area contributed by atoms with Gasteiger partial charge in [0.05, 0.1) is 25.0 Å². The summed E-state index contributed by atoms with van der Waals surface area (Å²) in [6.45, 7) is 8.95. The summed E-state index contributed by atoms with van der Waals surface area (Å²) in [4.78, 5) is 6.62. The Hall–Kier alpha value is -2.60. The molecular formula is C20H26N4O2. The minimum Gasteiger partial charge on any atom is -0.491 e. The molecule has 2 aromatic rings.